The average molecular weight is 462 g/mol. The predicted octanol–water partition coefficient (Wildman–Crippen LogP) is 4.14. The van der Waals surface area contributed by atoms with Crippen LogP contribution in [0.25, 0.3) is 10.4 Å². The fraction of sp³-hybridized carbons (Fsp3) is 0.308. The molecule has 2 fully saturated rings. The highest BCUT2D eigenvalue weighted by atomic mass is 32.1. The third-order valence-electron chi connectivity index (χ3n) is 6.79. The molecular weight excluding hydrogens is 434 g/mol. The fourth-order valence-corrected chi connectivity index (χ4v) is 5.92. The third-order valence-corrected chi connectivity index (χ3v) is 7.69. The number of carbonyl (C=O) groups is 2. The van der Waals surface area contributed by atoms with E-state index in [0.717, 1.165) is 25.3 Å². The first-order chi connectivity index (χ1) is 16.1. The lowest BCUT2D eigenvalue weighted by molar-refractivity contribution is -0.144. The molecule has 0 atom stereocenters. The van der Waals surface area contributed by atoms with Crippen LogP contribution in [0.15, 0.2) is 72.1 Å². The van der Waals surface area contributed by atoms with Crippen molar-refractivity contribution in [2.45, 2.75) is 24.9 Å². The number of carboxylic acid groups (broad SMARTS) is 1. The number of rotatable bonds is 6. The van der Waals surface area contributed by atoms with Gasteiger partial charge >= 0.3 is 5.97 Å². The molecule has 1 aromatic heterocycles. The van der Waals surface area contributed by atoms with Crippen molar-refractivity contribution in [3.63, 3.8) is 0 Å². The Kier molecular flexibility index (Phi) is 5.91. The Morgan fingerprint density at radius 3 is 2.39 bits per heavy atom. The van der Waals surface area contributed by atoms with Crippen molar-refractivity contribution < 1.29 is 14.7 Å². The average Bonchev–Trinajstić information content (AvgIpc) is 3.45. The molecule has 2 aliphatic rings. The number of piperidine rings is 1. The van der Waals surface area contributed by atoms with E-state index in [-0.39, 0.29) is 12.5 Å². The second kappa shape index (κ2) is 9.00. The summed E-state index contributed by atoms with van der Waals surface area (Å²) in [6.07, 6.45) is 1.36. The Balaban J connectivity index is 1.36. The topological polar surface area (TPSA) is 64.1 Å². The molecule has 0 saturated carbocycles. The quantitative estimate of drug-likeness (QED) is 0.598. The minimum absolute atomic E-state index is 0.0626. The predicted molar refractivity (Wildman–Crippen MR) is 130 cm³/mol. The number of anilines is 1. The first-order valence-corrected chi connectivity index (χ1v) is 12.1. The van der Waals surface area contributed by atoms with Gasteiger partial charge in [-0.2, -0.15) is 0 Å². The molecule has 1 spiro atoms. The van der Waals surface area contributed by atoms with Crippen LogP contribution in [0.4, 0.5) is 5.69 Å². The van der Waals surface area contributed by atoms with E-state index in [0.29, 0.717) is 19.5 Å². The van der Waals surface area contributed by atoms with Crippen LogP contribution in [0.2, 0.25) is 0 Å². The maximum Gasteiger partial charge on any atom is 0.323 e. The minimum atomic E-state index is -0.976. The number of hydrogen-bond acceptors (Lipinski definition) is 5. The van der Waals surface area contributed by atoms with Crippen molar-refractivity contribution in [3.8, 4) is 10.4 Å². The van der Waals surface area contributed by atoms with E-state index in [1.165, 1.54) is 20.9 Å². The van der Waals surface area contributed by atoms with Crippen molar-refractivity contribution in [3.05, 3.63) is 77.7 Å². The summed E-state index contributed by atoms with van der Waals surface area (Å²) in [4.78, 5) is 32.1. The standard InChI is InChI=1S/C26H27N3O3S/c30-24(31)18-28-19-29(21-8-2-1-3-9-21)26(25(28)32)12-14-27(15-13-26)17-20-7-4-5-10-22(20)23-11-6-16-33-23/h1-11,16H,12-15,17-19H2,(H,30,31). The molecule has 1 amide bonds. The Morgan fingerprint density at radius 1 is 0.970 bits per heavy atom. The van der Waals surface area contributed by atoms with Crippen molar-refractivity contribution in [2.24, 2.45) is 0 Å². The largest absolute Gasteiger partial charge is 0.480 e. The van der Waals surface area contributed by atoms with E-state index < -0.39 is 11.5 Å². The summed E-state index contributed by atoms with van der Waals surface area (Å²) in [5, 5.41) is 11.4. The SMILES string of the molecule is O=C(O)CN1CN(c2ccccc2)C2(CCN(Cc3ccccc3-c3cccs3)CC2)C1=O. The molecule has 2 aromatic carbocycles. The second-order valence-electron chi connectivity index (χ2n) is 8.74. The zero-order chi connectivity index (χ0) is 22.8. The Labute approximate surface area is 197 Å². The molecule has 0 radical (unpaired) electrons. The van der Waals surface area contributed by atoms with Gasteiger partial charge in [-0.05, 0) is 47.5 Å². The first kappa shape index (κ1) is 21.7. The van der Waals surface area contributed by atoms with Gasteiger partial charge in [0.1, 0.15) is 12.1 Å². The summed E-state index contributed by atoms with van der Waals surface area (Å²) in [6.45, 7) is 2.46. The van der Waals surface area contributed by atoms with Gasteiger partial charge in [0.25, 0.3) is 5.91 Å². The molecule has 2 saturated heterocycles. The number of likely N-dealkylation sites (tertiary alicyclic amines) is 1. The third kappa shape index (κ3) is 4.14. The van der Waals surface area contributed by atoms with Crippen LogP contribution in [0.3, 0.4) is 0 Å². The number of hydrogen-bond donors (Lipinski definition) is 1. The van der Waals surface area contributed by atoms with Crippen LogP contribution in [0, 0.1) is 0 Å². The van der Waals surface area contributed by atoms with Crippen LogP contribution in [0.5, 0.6) is 0 Å². The lowest BCUT2D eigenvalue weighted by atomic mass is 9.85. The zero-order valence-corrected chi connectivity index (χ0v) is 19.2. The van der Waals surface area contributed by atoms with Gasteiger partial charge in [-0.1, -0.05) is 48.5 Å². The number of carboxylic acids is 1. The van der Waals surface area contributed by atoms with Gasteiger partial charge < -0.3 is 14.9 Å². The Bertz CT molecular complexity index is 1120. The van der Waals surface area contributed by atoms with E-state index in [9.17, 15) is 14.7 Å². The second-order valence-corrected chi connectivity index (χ2v) is 9.69. The summed E-state index contributed by atoms with van der Waals surface area (Å²) in [7, 11) is 0. The van der Waals surface area contributed by atoms with Gasteiger partial charge in [-0.15, -0.1) is 11.3 Å². The van der Waals surface area contributed by atoms with Crippen molar-refractivity contribution in [2.75, 3.05) is 31.2 Å². The summed E-state index contributed by atoms with van der Waals surface area (Å²) in [5.41, 5.74) is 2.85. The van der Waals surface area contributed by atoms with Gasteiger partial charge in [0.2, 0.25) is 0 Å². The van der Waals surface area contributed by atoms with Crippen LogP contribution in [0.1, 0.15) is 18.4 Å². The zero-order valence-electron chi connectivity index (χ0n) is 18.4. The summed E-state index contributed by atoms with van der Waals surface area (Å²) in [5.74, 6) is -1.04. The number of amides is 1. The molecule has 7 heteroatoms. The lowest BCUT2D eigenvalue weighted by Crippen LogP contribution is -2.56. The maximum atomic E-state index is 13.5. The first-order valence-electron chi connectivity index (χ1n) is 11.2. The normalized spacial score (nSPS) is 18.2. The maximum absolute atomic E-state index is 13.5. The molecular formula is C26H27N3O3S. The van der Waals surface area contributed by atoms with Crippen LogP contribution >= 0.6 is 11.3 Å². The lowest BCUT2D eigenvalue weighted by Gasteiger charge is -2.43. The Morgan fingerprint density at radius 2 is 1.70 bits per heavy atom. The smallest absolute Gasteiger partial charge is 0.323 e. The Hall–Kier alpha value is -3.16. The summed E-state index contributed by atoms with van der Waals surface area (Å²) < 4.78 is 0. The van der Waals surface area contributed by atoms with Crippen molar-refractivity contribution in [1.29, 1.82) is 0 Å². The fourth-order valence-electron chi connectivity index (χ4n) is 5.14. The van der Waals surface area contributed by atoms with Gasteiger partial charge in [-0.3, -0.25) is 14.5 Å². The molecule has 5 rings (SSSR count). The number of thiophene rings is 1. The van der Waals surface area contributed by atoms with Gasteiger partial charge in [0.05, 0.1) is 6.67 Å². The highest BCUT2D eigenvalue weighted by molar-refractivity contribution is 7.13. The highest BCUT2D eigenvalue weighted by Crippen LogP contribution is 2.40. The number of aliphatic carboxylic acids is 1. The number of para-hydroxylation sites is 1. The van der Waals surface area contributed by atoms with Gasteiger partial charge in [0.15, 0.2) is 0 Å². The molecule has 0 aliphatic carbocycles. The number of benzene rings is 2. The number of nitrogens with zero attached hydrogens (tertiary/aromatic N) is 3. The number of carbonyl (C=O) groups excluding carboxylic acids is 1. The monoisotopic (exact) mass is 461 g/mol. The van der Waals surface area contributed by atoms with E-state index >= 15 is 0 Å². The van der Waals surface area contributed by atoms with E-state index in [1.54, 1.807) is 11.3 Å². The molecule has 170 valence electrons. The molecule has 0 unspecified atom stereocenters. The molecule has 2 aliphatic heterocycles. The van der Waals surface area contributed by atoms with E-state index in [1.807, 2.05) is 30.3 Å². The van der Waals surface area contributed by atoms with Crippen LogP contribution in [-0.4, -0.2) is 58.6 Å². The van der Waals surface area contributed by atoms with Gasteiger partial charge in [0, 0.05) is 30.2 Å². The molecule has 3 aromatic rings. The van der Waals surface area contributed by atoms with Gasteiger partial charge in [-0.25, -0.2) is 0 Å². The van der Waals surface area contributed by atoms with Crippen molar-refractivity contribution in [1.82, 2.24) is 9.80 Å². The molecule has 1 N–H and O–H groups in total. The molecule has 6 nitrogen and oxygen atoms in total. The summed E-state index contributed by atoms with van der Waals surface area (Å²) >= 11 is 1.75. The summed E-state index contributed by atoms with van der Waals surface area (Å²) in [6, 6.07) is 22.6. The molecule has 3 heterocycles. The molecule has 33 heavy (non-hydrogen) atoms. The minimum Gasteiger partial charge on any atom is -0.480 e. The molecule has 0 bridgehead atoms. The van der Waals surface area contributed by atoms with Crippen LogP contribution in [-0.2, 0) is 16.1 Å². The van der Waals surface area contributed by atoms with Crippen LogP contribution < -0.4 is 4.90 Å². The van der Waals surface area contributed by atoms with E-state index in [2.05, 4.69) is 51.6 Å². The van der Waals surface area contributed by atoms with E-state index in [4.69, 9.17) is 0 Å². The highest BCUT2D eigenvalue weighted by Gasteiger charge is 2.53. The van der Waals surface area contributed by atoms with Crippen molar-refractivity contribution >= 4 is 28.9 Å².